The highest BCUT2D eigenvalue weighted by Crippen LogP contribution is 2.10. The van der Waals surface area contributed by atoms with Gasteiger partial charge in [0.05, 0.1) is 12.4 Å². The normalized spacial score (nSPS) is 10.9. The number of ether oxygens (including phenoxy) is 1. The second-order valence-corrected chi connectivity index (χ2v) is 4.04. The Morgan fingerprint density at radius 3 is 2.40 bits per heavy atom. The Labute approximate surface area is 88.9 Å². The maximum atomic E-state index is 11.5. The number of rotatable bonds is 2. The summed E-state index contributed by atoms with van der Waals surface area (Å²) in [6.07, 6.45) is 2.87. The van der Waals surface area contributed by atoms with Crippen molar-refractivity contribution in [1.29, 1.82) is 0 Å². The molecule has 0 bridgehead atoms. The number of esters is 1. The summed E-state index contributed by atoms with van der Waals surface area (Å²) in [7, 11) is 1.73. The number of nitrogens with one attached hydrogen (secondary N) is 1. The van der Waals surface area contributed by atoms with Gasteiger partial charge in [0.25, 0.3) is 0 Å². The summed E-state index contributed by atoms with van der Waals surface area (Å²) >= 11 is 0. The number of carbonyl (C=O) groups excluding carboxylic acids is 1. The molecule has 0 atom stereocenters. The van der Waals surface area contributed by atoms with Crippen LogP contribution in [-0.4, -0.2) is 28.6 Å². The van der Waals surface area contributed by atoms with Gasteiger partial charge in [-0.05, 0) is 20.8 Å². The van der Waals surface area contributed by atoms with Crippen LogP contribution in [0.5, 0.6) is 0 Å². The smallest absolute Gasteiger partial charge is 0.359 e. The van der Waals surface area contributed by atoms with Gasteiger partial charge < -0.3 is 10.1 Å². The van der Waals surface area contributed by atoms with Crippen LogP contribution in [0.2, 0.25) is 0 Å². The van der Waals surface area contributed by atoms with Crippen molar-refractivity contribution in [3.63, 3.8) is 0 Å². The van der Waals surface area contributed by atoms with Crippen LogP contribution in [0.15, 0.2) is 12.4 Å². The Morgan fingerprint density at radius 2 is 2.00 bits per heavy atom. The minimum atomic E-state index is -0.513. The summed E-state index contributed by atoms with van der Waals surface area (Å²) in [6.45, 7) is 5.42. The fourth-order valence-electron chi connectivity index (χ4n) is 0.893. The molecule has 1 aromatic heterocycles. The number of aromatic nitrogens is 2. The Balaban J connectivity index is 2.75. The molecule has 82 valence electrons. The van der Waals surface area contributed by atoms with E-state index in [0.717, 1.165) is 0 Å². The number of anilines is 1. The third-order valence-corrected chi connectivity index (χ3v) is 1.52. The van der Waals surface area contributed by atoms with Gasteiger partial charge in [0.15, 0.2) is 5.69 Å². The van der Waals surface area contributed by atoms with Crippen molar-refractivity contribution < 1.29 is 9.53 Å². The van der Waals surface area contributed by atoms with Gasteiger partial charge in [-0.1, -0.05) is 0 Å². The number of carbonyl (C=O) groups is 1. The average molecular weight is 209 g/mol. The lowest BCUT2D eigenvalue weighted by Crippen LogP contribution is -2.24. The van der Waals surface area contributed by atoms with E-state index in [1.165, 1.54) is 12.4 Å². The molecular formula is C10H15N3O2. The first-order valence-electron chi connectivity index (χ1n) is 4.65. The highest BCUT2D eigenvalue weighted by atomic mass is 16.6. The van der Waals surface area contributed by atoms with Crippen molar-refractivity contribution in [2.45, 2.75) is 26.4 Å². The largest absolute Gasteiger partial charge is 0.455 e. The number of hydrogen-bond acceptors (Lipinski definition) is 5. The van der Waals surface area contributed by atoms with Crippen LogP contribution >= 0.6 is 0 Å². The van der Waals surface area contributed by atoms with Crippen molar-refractivity contribution >= 4 is 11.8 Å². The monoisotopic (exact) mass is 209 g/mol. The predicted octanol–water partition coefficient (Wildman–Crippen LogP) is 1.47. The molecule has 0 aliphatic carbocycles. The van der Waals surface area contributed by atoms with Gasteiger partial charge >= 0.3 is 5.97 Å². The summed E-state index contributed by atoms with van der Waals surface area (Å²) in [4.78, 5) is 19.4. The average Bonchev–Trinajstić information content (AvgIpc) is 2.15. The molecule has 0 saturated heterocycles. The molecule has 0 radical (unpaired) electrons. The molecule has 5 nitrogen and oxygen atoms in total. The Morgan fingerprint density at radius 1 is 1.33 bits per heavy atom. The first-order chi connectivity index (χ1) is 6.92. The highest BCUT2D eigenvalue weighted by Gasteiger charge is 2.18. The van der Waals surface area contributed by atoms with Crippen LogP contribution in [-0.2, 0) is 4.74 Å². The van der Waals surface area contributed by atoms with E-state index in [1.807, 2.05) is 0 Å². The highest BCUT2D eigenvalue weighted by molar-refractivity contribution is 5.87. The van der Waals surface area contributed by atoms with Crippen LogP contribution in [0, 0.1) is 0 Å². The first kappa shape index (κ1) is 11.4. The van der Waals surface area contributed by atoms with Crippen molar-refractivity contribution in [3.05, 3.63) is 18.1 Å². The Kier molecular flexibility index (Phi) is 3.24. The van der Waals surface area contributed by atoms with Gasteiger partial charge in [-0.15, -0.1) is 0 Å². The third-order valence-electron chi connectivity index (χ3n) is 1.52. The zero-order chi connectivity index (χ0) is 11.5. The van der Waals surface area contributed by atoms with Gasteiger partial charge in [-0.3, -0.25) is 0 Å². The minimum Gasteiger partial charge on any atom is -0.455 e. The van der Waals surface area contributed by atoms with E-state index in [4.69, 9.17) is 4.74 Å². The number of hydrogen-bond donors (Lipinski definition) is 1. The summed E-state index contributed by atoms with van der Waals surface area (Å²) in [5, 5.41) is 2.82. The molecule has 5 heteroatoms. The molecule has 0 amide bonds. The summed E-state index contributed by atoms with van der Waals surface area (Å²) in [5.41, 5.74) is -0.301. The van der Waals surface area contributed by atoms with E-state index in [2.05, 4.69) is 15.3 Å². The fraction of sp³-hybridized carbons (Fsp3) is 0.500. The molecular weight excluding hydrogens is 194 g/mol. The molecule has 0 aliphatic rings. The van der Waals surface area contributed by atoms with Gasteiger partial charge in [0, 0.05) is 7.05 Å². The molecule has 1 aromatic rings. The lowest BCUT2D eigenvalue weighted by Gasteiger charge is -2.18. The molecule has 15 heavy (non-hydrogen) atoms. The molecule has 0 spiro atoms. The van der Waals surface area contributed by atoms with Crippen LogP contribution < -0.4 is 5.32 Å². The topological polar surface area (TPSA) is 64.1 Å². The Hall–Kier alpha value is -1.65. The van der Waals surface area contributed by atoms with Crippen molar-refractivity contribution in [1.82, 2.24) is 9.97 Å². The first-order valence-corrected chi connectivity index (χ1v) is 4.65. The van der Waals surface area contributed by atoms with E-state index < -0.39 is 11.6 Å². The Bertz CT molecular complexity index is 341. The quantitative estimate of drug-likeness (QED) is 0.747. The molecule has 0 fully saturated rings. The molecule has 1 heterocycles. The lowest BCUT2D eigenvalue weighted by molar-refractivity contribution is 0.00624. The molecule has 1 rings (SSSR count). The molecule has 0 aromatic carbocycles. The zero-order valence-electron chi connectivity index (χ0n) is 9.37. The van der Waals surface area contributed by atoms with Gasteiger partial charge in [-0.2, -0.15) is 0 Å². The van der Waals surface area contributed by atoms with Crippen molar-refractivity contribution in [3.8, 4) is 0 Å². The van der Waals surface area contributed by atoms with E-state index >= 15 is 0 Å². The van der Waals surface area contributed by atoms with Crippen molar-refractivity contribution in [2.24, 2.45) is 0 Å². The molecule has 0 aliphatic heterocycles. The van der Waals surface area contributed by atoms with E-state index in [1.54, 1.807) is 27.8 Å². The third kappa shape index (κ3) is 3.53. The van der Waals surface area contributed by atoms with E-state index in [-0.39, 0.29) is 5.69 Å². The zero-order valence-corrected chi connectivity index (χ0v) is 9.37. The molecule has 1 N–H and O–H groups in total. The second-order valence-electron chi connectivity index (χ2n) is 4.04. The summed E-state index contributed by atoms with van der Waals surface area (Å²) < 4.78 is 5.14. The van der Waals surface area contributed by atoms with Gasteiger partial charge in [-0.25, -0.2) is 14.8 Å². The van der Waals surface area contributed by atoms with Gasteiger partial charge in [0.1, 0.15) is 11.4 Å². The minimum absolute atomic E-state index is 0.212. The van der Waals surface area contributed by atoms with E-state index in [0.29, 0.717) is 5.82 Å². The van der Waals surface area contributed by atoms with Crippen LogP contribution in [0.25, 0.3) is 0 Å². The maximum absolute atomic E-state index is 11.5. The van der Waals surface area contributed by atoms with Crippen molar-refractivity contribution in [2.75, 3.05) is 12.4 Å². The summed E-state index contributed by atoms with van der Waals surface area (Å²) in [5.74, 6) is 0.153. The van der Waals surface area contributed by atoms with Crippen LogP contribution in [0.3, 0.4) is 0 Å². The molecule has 0 unspecified atom stereocenters. The maximum Gasteiger partial charge on any atom is 0.359 e. The van der Waals surface area contributed by atoms with Crippen LogP contribution in [0.1, 0.15) is 31.3 Å². The van der Waals surface area contributed by atoms with Crippen LogP contribution in [0.4, 0.5) is 5.82 Å². The standard InChI is InChI=1S/C10H15N3O2/c1-10(2,3)15-9(14)7-5-13-8(11-4)6-12-7/h5-6H,1-4H3,(H,11,13). The fourth-order valence-corrected chi connectivity index (χ4v) is 0.893. The van der Waals surface area contributed by atoms with E-state index in [9.17, 15) is 4.79 Å². The second kappa shape index (κ2) is 4.25. The summed E-state index contributed by atoms with van der Waals surface area (Å²) in [6, 6.07) is 0. The lowest BCUT2D eigenvalue weighted by atomic mass is 10.2. The van der Waals surface area contributed by atoms with Gasteiger partial charge in [0.2, 0.25) is 0 Å². The SMILES string of the molecule is CNc1cnc(C(=O)OC(C)(C)C)cn1. The number of nitrogens with zero attached hydrogens (tertiary/aromatic N) is 2. The molecule has 0 saturated carbocycles. The predicted molar refractivity (Wildman–Crippen MR) is 56.7 cm³/mol.